The molecule has 0 bridgehead atoms. The second-order valence-corrected chi connectivity index (χ2v) is 6.96. The second kappa shape index (κ2) is 10.1. The van der Waals surface area contributed by atoms with Gasteiger partial charge in [0.15, 0.2) is 0 Å². The second-order valence-electron chi connectivity index (χ2n) is 6.96. The van der Waals surface area contributed by atoms with Crippen LogP contribution in [-0.4, -0.2) is 36.0 Å². The number of piperidine rings is 1. The molecule has 0 aliphatic carbocycles. The predicted octanol–water partition coefficient (Wildman–Crippen LogP) is 4.02. The predicted molar refractivity (Wildman–Crippen MR) is 102 cm³/mol. The summed E-state index contributed by atoms with van der Waals surface area (Å²) in [5.41, 5.74) is 0.799. The highest BCUT2D eigenvalue weighted by Gasteiger charge is 2.27. The maximum absolute atomic E-state index is 12.4. The average molecular weight is 345 g/mol. The lowest BCUT2D eigenvalue weighted by molar-refractivity contribution is -0.126. The number of rotatable bonds is 7. The molecule has 0 aromatic heterocycles. The van der Waals surface area contributed by atoms with Crippen LogP contribution in [0.2, 0.25) is 0 Å². The molecule has 1 fully saturated rings. The molecule has 0 radical (unpaired) electrons. The van der Waals surface area contributed by atoms with E-state index in [1.807, 2.05) is 30.3 Å². The van der Waals surface area contributed by atoms with Gasteiger partial charge >= 0.3 is 6.03 Å². The van der Waals surface area contributed by atoms with E-state index in [9.17, 15) is 9.59 Å². The Balaban J connectivity index is 1.71. The molecule has 3 amide bonds. The molecule has 1 aromatic rings. The minimum atomic E-state index is -0.0852. The van der Waals surface area contributed by atoms with Gasteiger partial charge in [0.25, 0.3) is 0 Å². The molecule has 2 N–H and O–H groups in total. The van der Waals surface area contributed by atoms with E-state index < -0.39 is 0 Å². The number of hydrogen-bond acceptors (Lipinski definition) is 2. The highest BCUT2D eigenvalue weighted by atomic mass is 16.2. The van der Waals surface area contributed by atoms with E-state index in [1.165, 1.54) is 12.8 Å². The van der Waals surface area contributed by atoms with Crippen molar-refractivity contribution in [3.05, 3.63) is 30.3 Å². The van der Waals surface area contributed by atoms with Gasteiger partial charge in [-0.1, -0.05) is 44.4 Å². The van der Waals surface area contributed by atoms with Crippen molar-refractivity contribution in [3.8, 4) is 0 Å². The number of nitrogens with zero attached hydrogens (tertiary/aromatic N) is 1. The van der Waals surface area contributed by atoms with Crippen molar-refractivity contribution >= 4 is 17.6 Å². The molecular weight excluding hydrogens is 314 g/mol. The van der Waals surface area contributed by atoms with Gasteiger partial charge < -0.3 is 15.5 Å². The zero-order valence-electron chi connectivity index (χ0n) is 15.5. The van der Waals surface area contributed by atoms with Crippen LogP contribution < -0.4 is 10.6 Å². The SMILES string of the molecule is CCCCCC(C)NC(=O)C1CCN(C(=O)Nc2ccccc2)CC1. The number of likely N-dealkylation sites (tertiary alicyclic amines) is 1. The topological polar surface area (TPSA) is 61.4 Å². The summed E-state index contributed by atoms with van der Waals surface area (Å²) in [7, 11) is 0. The summed E-state index contributed by atoms with van der Waals surface area (Å²) in [6, 6.07) is 9.61. The maximum atomic E-state index is 12.4. The van der Waals surface area contributed by atoms with Crippen molar-refractivity contribution in [2.45, 2.75) is 58.4 Å². The molecule has 2 rings (SSSR count). The first kappa shape index (κ1) is 19.3. The van der Waals surface area contributed by atoms with Crippen LogP contribution >= 0.6 is 0 Å². The van der Waals surface area contributed by atoms with Gasteiger partial charge in [0, 0.05) is 30.7 Å². The summed E-state index contributed by atoms with van der Waals surface area (Å²) in [6.07, 6.45) is 6.08. The van der Waals surface area contributed by atoms with Crippen LogP contribution in [0.4, 0.5) is 10.5 Å². The van der Waals surface area contributed by atoms with Gasteiger partial charge in [-0.2, -0.15) is 0 Å². The molecule has 1 unspecified atom stereocenters. The number of para-hydroxylation sites is 1. The van der Waals surface area contributed by atoms with E-state index in [0.717, 1.165) is 31.4 Å². The first-order chi connectivity index (χ1) is 12.1. The van der Waals surface area contributed by atoms with Crippen molar-refractivity contribution in [1.82, 2.24) is 10.2 Å². The van der Waals surface area contributed by atoms with Crippen molar-refractivity contribution in [1.29, 1.82) is 0 Å². The summed E-state index contributed by atoms with van der Waals surface area (Å²) in [4.78, 5) is 26.5. The lowest BCUT2D eigenvalue weighted by atomic mass is 9.95. The minimum Gasteiger partial charge on any atom is -0.353 e. The van der Waals surface area contributed by atoms with Crippen LogP contribution in [0.25, 0.3) is 0 Å². The average Bonchev–Trinajstić information content (AvgIpc) is 2.63. The minimum absolute atomic E-state index is 0.0226. The van der Waals surface area contributed by atoms with E-state index in [-0.39, 0.29) is 23.9 Å². The number of benzene rings is 1. The number of nitrogens with one attached hydrogen (secondary N) is 2. The van der Waals surface area contributed by atoms with Crippen molar-refractivity contribution in [2.75, 3.05) is 18.4 Å². The van der Waals surface area contributed by atoms with Crippen LogP contribution in [0.5, 0.6) is 0 Å². The third-order valence-electron chi connectivity index (χ3n) is 4.81. The maximum Gasteiger partial charge on any atom is 0.321 e. The quantitative estimate of drug-likeness (QED) is 0.733. The molecule has 1 aliphatic rings. The fraction of sp³-hybridized carbons (Fsp3) is 0.600. The standard InChI is InChI=1S/C20H31N3O2/c1-3-4-6-9-16(2)21-19(24)17-12-14-23(15-13-17)20(25)22-18-10-7-5-8-11-18/h5,7-8,10-11,16-17H,3-4,6,9,12-15H2,1-2H3,(H,21,24)(H,22,25). The fourth-order valence-electron chi connectivity index (χ4n) is 3.20. The highest BCUT2D eigenvalue weighted by Crippen LogP contribution is 2.19. The van der Waals surface area contributed by atoms with E-state index in [2.05, 4.69) is 24.5 Å². The number of hydrogen-bond donors (Lipinski definition) is 2. The summed E-state index contributed by atoms with van der Waals surface area (Å²) < 4.78 is 0. The van der Waals surface area contributed by atoms with Crippen LogP contribution in [-0.2, 0) is 4.79 Å². The van der Waals surface area contributed by atoms with E-state index in [1.54, 1.807) is 4.90 Å². The molecule has 138 valence electrons. The smallest absolute Gasteiger partial charge is 0.321 e. The fourth-order valence-corrected chi connectivity index (χ4v) is 3.20. The molecule has 25 heavy (non-hydrogen) atoms. The molecule has 1 atom stereocenters. The first-order valence-electron chi connectivity index (χ1n) is 9.51. The first-order valence-corrected chi connectivity index (χ1v) is 9.51. The molecular formula is C20H31N3O2. The Kier molecular flexibility index (Phi) is 7.76. The Morgan fingerprint density at radius 1 is 1.16 bits per heavy atom. The Morgan fingerprint density at radius 2 is 1.84 bits per heavy atom. The van der Waals surface area contributed by atoms with Crippen molar-refractivity contribution in [2.24, 2.45) is 5.92 Å². The highest BCUT2D eigenvalue weighted by molar-refractivity contribution is 5.89. The molecule has 5 nitrogen and oxygen atoms in total. The summed E-state index contributed by atoms with van der Waals surface area (Å²) in [5, 5.41) is 6.04. The third kappa shape index (κ3) is 6.40. The Hall–Kier alpha value is -2.04. The molecule has 1 aliphatic heterocycles. The van der Waals surface area contributed by atoms with Crippen LogP contribution in [0.15, 0.2) is 30.3 Å². The van der Waals surface area contributed by atoms with Crippen LogP contribution in [0.3, 0.4) is 0 Å². The van der Waals surface area contributed by atoms with Crippen LogP contribution in [0.1, 0.15) is 52.4 Å². The van der Waals surface area contributed by atoms with Crippen molar-refractivity contribution in [3.63, 3.8) is 0 Å². The number of anilines is 1. The molecule has 5 heteroatoms. The largest absolute Gasteiger partial charge is 0.353 e. The van der Waals surface area contributed by atoms with E-state index >= 15 is 0 Å². The Morgan fingerprint density at radius 3 is 2.48 bits per heavy atom. The van der Waals surface area contributed by atoms with Crippen LogP contribution in [0, 0.1) is 5.92 Å². The number of amides is 3. The zero-order chi connectivity index (χ0) is 18.1. The number of urea groups is 1. The summed E-state index contributed by atoms with van der Waals surface area (Å²) >= 11 is 0. The molecule has 1 aromatic carbocycles. The third-order valence-corrected chi connectivity index (χ3v) is 4.81. The number of carbonyl (C=O) groups excluding carboxylic acids is 2. The van der Waals surface area contributed by atoms with E-state index in [0.29, 0.717) is 13.1 Å². The molecule has 0 saturated carbocycles. The van der Waals surface area contributed by atoms with Gasteiger partial charge in [-0.05, 0) is 38.3 Å². The van der Waals surface area contributed by atoms with Gasteiger partial charge in [-0.25, -0.2) is 4.79 Å². The molecule has 1 heterocycles. The number of unbranched alkanes of at least 4 members (excludes halogenated alkanes) is 2. The summed E-state index contributed by atoms with van der Waals surface area (Å²) in [5.74, 6) is 0.168. The lowest BCUT2D eigenvalue weighted by Crippen LogP contribution is -2.46. The monoisotopic (exact) mass is 345 g/mol. The van der Waals surface area contributed by atoms with E-state index in [4.69, 9.17) is 0 Å². The molecule has 0 spiro atoms. The zero-order valence-corrected chi connectivity index (χ0v) is 15.5. The Bertz CT molecular complexity index is 539. The van der Waals surface area contributed by atoms with Gasteiger partial charge in [0.1, 0.15) is 0 Å². The van der Waals surface area contributed by atoms with Gasteiger partial charge in [0.05, 0.1) is 0 Å². The van der Waals surface area contributed by atoms with Gasteiger partial charge in [0.2, 0.25) is 5.91 Å². The van der Waals surface area contributed by atoms with Crippen molar-refractivity contribution < 1.29 is 9.59 Å². The van der Waals surface area contributed by atoms with Gasteiger partial charge in [-0.15, -0.1) is 0 Å². The van der Waals surface area contributed by atoms with Gasteiger partial charge in [-0.3, -0.25) is 4.79 Å². The normalized spacial score (nSPS) is 16.3. The number of carbonyl (C=O) groups is 2. The molecule has 1 saturated heterocycles. The Labute approximate surface area is 151 Å². The lowest BCUT2D eigenvalue weighted by Gasteiger charge is -2.32. The summed E-state index contributed by atoms with van der Waals surface area (Å²) in [6.45, 7) is 5.52.